The van der Waals surface area contributed by atoms with E-state index in [1.807, 2.05) is 18.2 Å². The Bertz CT molecular complexity index is 313. The van der Waals surface area contributed by atoms with E-state index >= 15 is 0 Å². The molecule has 0 fully saturated rings. The summed E-state index contributed by atoms with van der Waals surface area (Å²) >= 11 is 0. The van der Waals surface area contributed by atoms with Crippen molar-refractivity contribution in [1.82, 2.24) is 0 Å². The van der Waals surface area contributed by atoms with E-state index in [4.69, 9.17) is 4.74 Å². The molecule has 1 unspecified atom stereocenters. The third kappa shape index (κ3) is 3.73. The van der Waals surface area contributed by atoms with Gasteiger partial charge in [0.25, 0.3) is 0 Å². The van der Waals surface area contributed by atoms with E-state index in [9.17, 15) is 0 Å². The molecule has 88 valence electrons. The van der Waals surface area contributed by atoms with Crippen LogP contribution in [-0.4, -0.2) is 0 Å². The van der Waals surface area contributed by atoms with Crippen LogP contribution in [0.4, 0.5) is 0 Å². The van der Waals surface area contributed by atoms with E-state index in [1.54, 1.807) is 0 Å². The normalized spacial score (nSPS) is 12.5. The van der Waals surface area contributed by atoms with Crippen LogP contribution in [0.25, 0.3) is 0 Å². The van der Waals surface area contributed by atoms with Crippen LogP contribution in [0.2, 0.25) is 0 Å². The van der Waals surface area contributed by atoms with Crippen molar-refractivity contribution in [3.05, 3.63) is 48.2 Å². The highest BCUT2D eigenvalue weighted by molar-refractivity contribution is 5.13. The standard InChI is InChI=1S/C15H22O/c1-5-15(12(2)3)13(4)16-11-14-9-7-6-8-10-14/h6-10,12,15H,4-5,11H2,1-3H3. The van der Waals surface area contributed by atoms with Crippen LogP contribution < -0.4 is 0 Å². The fourth-order valence-electron chi connectivity index (χ4n) is 1.93. The van der Waals surface area contributed by atoms with Crippen molar-refractivity contribution in [2.45, 2.75) is 33.8 Å². The average Bonchev–Trinajstić information content (AvgIpc) is 2.28. The minimum Gasteiger partial charge on any atom is -0.494 e. The first-order valence-electron chi connectivity index (χ1n) is 6.00. The Morgan fingerprint density at radius 2 is 1.88 bits per heavy atom. The highest BCUT2D eigenvalue weighted by Gasteiger charge is 2.15. The van der Waals surface area contributed by atoms with Crippen molar-refractivity contribution < 1.29 is 4.74 Å². The van der Waals surface area contributed by atoms with Gasteiger partial charge in [0.05, 0.1) is 5.76 Å². The lowest BCUT2D eigenvalue weighted by molar-refractivity contribution is 0.148. The maximum absolute atomic E-state index is 5.75. The van der Waals surface area contributed by atoms with Crippen molar-refractivity contribution in [2.75, 3.05) is 0 Å². The summed E-state index contributed by atoms with van der Waals surface area (Å²) in [6, 6.07) is 10.2. The first-order chi connectivity index (χ1) is 7.65. The highest BCUT2D eigenvalue weighted by atomic mass is 16.5. The molecule has 1 aromatic carbocycles. The van der Waals surface area contributed by atoms with Gasteiger partial charge in [-0.2, -0.15) is 0 Å². The van der Waals surface area contributed by atoms with Crippen LogP contribution in [0.1, 0.15) is 32.8 Å². The van der Waals surface area contributed by atoms with Gasteiger partial charge in [0.1, 0.15) is 6.61 Å². The number of hydrogen-bond acceptors (Lipinski definition) is 1. The van der Waals surface area contributed by atoms with Crippen molar-refractivity contribution in [1.29, 1.82) is 0 Å². The molecule has 0 N–H and O–H groups in total. The Kier molecular flexibility index (Phi) is 5.10. The SMILES string of the molecule is C=C(OCc1ccccc1)C(CC)C(C)C. The maximum atomic E-state index is 5.75. The number of ether oxygens (including phenoxy) is 1. The third-order valence-corrected chi connectivity index (χ3v) is 2.93. The quantitative estimate of drug-likeness (QED) is 0.643. The lowest BCUT2D eigenvalue weighted by Crippen LogP contribution is -2.12. The molecule has 0 radical (unpaired) electrons. The van der Waals surface area contributed by atoms with E-state index in [0.717, 1.165) is 12.2 Å². The van der Waals surface area contributed by atoms with E-state index in [1.165, 1.54) is 5.56 Å². The van der Waals surface area contributed by atoms with Crippen LogP contribution in [0.5, 0.6) is 0 Å². The van der Waals surface area contributed by atoms with Gasteiger partial charge in [0.2, 0.25) is 0 Å². The predicted molar refractivity (Wildman–Crippen MR) is 69.0 cm³/mol. The maximum Gasteiger partial charge on any atom is 0.113 e. The minimum absolute atomic E-state index is 0.462. The van der Waals surface area contributed by atoms with E-state index in [2.05, 4.69) is 39.5 Å². The van der Waals surface area contributed by atoms with Crippen molar-refractivity contribution >= 4 is 0 Å². The molecule has 16 heavy (non-hydrogen) atoms. The Balaban J connectivity index is 2.46. The van der Waals surface area contributed by atoms with Gasteiger partial charge in [-0.25, -0.2) is 0 Å². The number of hydrogen-bond donors (Lipinski definition) is 0. The summed E-state index contributed by atoms with van der Waals surface area (Å²) in [4.78, 5) is 0. The van der Waals surface area contributed by atoms with Gasteiger partial charge in [-0.3, -0.25) is 0 Å². The summed E-state index contributed by atoms with van der Waals surface area (Å²) < 4.78 is 5.75. The molecule has 1 atom stereocenters. The number of rotatable bonds is 6. The monoisotopic (exact) mass is 218 g/mol. The smallest absolute Gasteiger partial charge is 0.113 e. The molecule has 0 bridgehead atoms. The van der Waals surface area contributed by atoms with Crippen LogP contribution in [-0.2, 0) is 11.3 Å². The van der Waals surface area contributed by atoms with Crippen LogP contribution in [0, 0.1) is 11.8 Å². The zero-order valence-electron chi connectivity index (χ0n) is 10.6. The predicted octanol–water partition coefficient (Wildman–Crippen LogP) is 4.40. The third-order valence-electron chi connectivity index (χ3n) is 2.93. The second-order valence-electron chi connectivity index (χ2n) is 4.50. The molecule has 1 rings (SSSR count). The fourth-order valence-corrected chi connectivity index (χ4v) is 1.93. The minimum atomic E-state index is 0.462. The summed E-state index contributed by atoms with van der Waals surface area (Å²) in [6.45, 7) is 11.3. The molecule has 0 aliphatic carbocycles. The van der Waals surface area contributed by atoms with Gasteiger partial charge in [-0.05, 0) is 17.9 Å². The Morgan fingerprint density at radius 3 is 2.38 bits per heavy atom. The Morgan fingerprint density at radius 1 is 1.25 bits per heavy atom. The van der Waals surface area contributed by atoms with Gasteiger partial charge in [0, 0.05) is 5.92 Å². The average molecular weight is 218 g/mol. The summed E-state index contributed by atoms with van der Waals surface area (Å²) in [7, 11) is 0. The van der Waals surface area contributed by atoms with Crippen LogP contribution >= 0.6 is 0 Å². The largest absolute Gasteiger partial charge is 0.494 e. The van der Waals surface area contributed by atoms with Crippen molar-refractivity contribution in [3.63, 3.8) is 0 Å². The van der Waals surface area contributed by atoms with Gasteiger partial charge in [0.15, 0.2) is 0 Å². The summed E-state index contributed by atoms with van der Waals surface area (Å²) in [6.07, 6.45) is 1.09. The second-order valence-corrected chi connectivity index (χ2v) is 4.50. The molecule has 0 aliphatic heterocycles. The fraction of sp³-hybridized carbons (Fsp3) is 0.467. The zero-order valence-corrected chi connectivity index (χ0v) is 10.6. The summed E-state index contributed by atoms with van der Waals surface area (Å²) in [5, 5.41) is 0. The molecule has 0 saturated carbocycles. The van der Waals surface area contributed by atoms with Gasteiger partial charge in [-0.15, -0.1) is 0 Å². The van der Waals surface area contributed by atoms with E-state index < -0.39 is 0 Å². The molecule has 1 aromatic rings. The topological polar surface area (TPSA) is 9.23 Å². The van der Waals surface area contributed by atoms with E-state index in [-0.39, 0.29) is 0 Å². The first kappa shape index (κ1) is 12.8. The number of benzene rings is 1. The molecule has 0 saturated heterocycles. The summed E-state index contributed by atoms with van der Waals surface area (Å²) in [5.74, 6) is 1.97. The zero-order chi connectivity index (χ0) is 12.0. The van der Waals surface area contributed by atoms with Crippen LogP contribution in [0.3, 0.4) is 0 Å². The number of allylic oxidation sites excluding steroid dienone is 1. The molecule has 0 aromatic heterocycles. The summed E-state index contributed by atoms with van der Waals surface area (Å²) in [5.41, 5.74) is 1.20. The highest BCUT2D eigenvalue weighted by Crippen LogP contribution is 2.24. The van der Waals surface area contributed by atoms with Crippen molar-refractivity contribution in [2.24, 2.45) is 11.8 Å². The lowest BCUT2D eigenvalue weighted by atomic mass is 9.92. The molecular weight excluding hydrogens is 196 g/mol. The van der Waals surface area contributed by atoms with Crippen molar-refractivity contribution in [3.8, 4) is 0 Å². The molecule has 0 heterocycles. The molecule has 1 heteroatoms. The van der Waals surface area contributed by atoms with Crippen LogP contribution in [0.15, 0.2) is 42.7 Å². The molecule has 1 nitrogen and oxygen atoms in total. The second kappa shape index (κ2) is 6.37. The molecule has 0 amide bonds. The van der Waals surface area contributed by atoms with Gasteiger partial charge >= 0.3 is 0 Å². The molecule has 0 aliphatic rings. The van der Waals surface area contributed by atoms with Gasteiger partial charge < -0.3 is 4.74 Å². The van der Waals surface area contributed by atoms with E-state index in [0.29, 0.717) is 18.4 Å². The Hall–Kier alpha value is -1.24. The Labute approximate surface area is 99.1 Å². The molecular formula is C15H22O. The lowest BCUT2D eigenvalue weighted by Gasteiger charge is -2.22. The molecule has 0 spiro atoms. The first-order valence-corrected chi connectivity index (χ1v) is 6.00. The van der Waals surface area contributed by atoms with Gasteiger partial charge in [-0.1, -0.05) is 57.7 Å².